The quantitative estimate of drug-likeness (QED) is 0.560. The molecule has 0 bridgehead atoms. The molecule has 1 saturated heterocycles. The first-order valence-corrected chi connectivity index (χ1v) is 4.58. The Kier molecular flexibility index (Phi) is 1.06. The van der Waals surface area contributed by atoms with Crippen LogP contribution in [-0.2, 0) is 4.74 Å². The average molecular weight is 154 g/mol. The van der Waals surface area contributed by atoms with Crippen molar-refractivity contribution in [1.29, 1.82) is 0 Å². The number of hydrogen-bond acceptors (Lipinski definition) is 2. The van der Waals surface area contributed by atoms with E-state index in [0.29, 0.717) is 11.8 Å². The molecule has 1 heterocycles. The maximum atomic E-state index is 9.44. The minimum absolute atomic E-state index is 0.427. The van der Waals surface area contributed by atoms with Crippen molar-refractivity contribution in [2.75, 3.05) is 6.61 Å². The van der Waals surface area contributed by atoms with Crippen LogP contribution in [-0.4, -0.2) is 18.0 Å². The second-order valence-corrected chi connectivity index (χ2v) is 4.42. The third kappa shape index (κ3) is 0.574. The molecule has 2 nitrogen and oxygen atoms in total. The second-order valence-electron chi connectivity index (χ2n) is 4.42. The zero-order chi connectivity index (χ0) is 7.59. The Balaban J connectivity index is 1.82. The summed E-state index contributed by atoms with van der Waals surface area (Å²) in [6.45, 7) is 3.11. The van der Waals surface area contributed by atoms with Crippen molar-refractivity contribution in [3.8, 4) is 0 Å². The first-order valence-electron chi connectivity index (χ1n) is 4.58. The van der Waals surface area contributed by atoms with Crippen LogP contribution in [0, 0.1) is 29.6 Å². The molecule has 11 heavy (non-hydrogen) atoms. The van der Waals surface area contributed by atoms with Crippen LogP contribution in [0.25, 0.3) is 0 Å². The molecule has 0 radical (unpaired) electrons. The Hall–Kier alpha value is -0.0800. The lowest BCUT2D eigenvalue weighted by Gasteiger charge is -2.60. The molecular weight excluding hydrogens is 140 g/mol. The minimum atomic E-state index is -0.427. The lowest BCUT2D eigenvalue weighted by Crippen LogP contribution is -2.58. The lowest BCUT2D eigenvalue weighted by molar-refractivity contribution is -0.176. The molecule has 2 heteroatoms. The van der Waals surface area contributed by atoms with Gasteiger partial charge in [-0.15, -0.1) is 0 Å². The second kappa shape index (κ2) is 1.80. The lowest BCUT2D eigenvalue weighted by atomic mass is 9.43. The van der Waals surface area contributed by atoms with Crippen LogP contribution in [0.2, 0.25) is 0 Å². The maximum absolute atomic E-state index is 9.44. The third-order valence-electron chi connectivity index (χ3n) is 4.07. The predicted octanol–water partition coefficient (Wildman–Crippen LogP) is 0.853. The first-order chi connectivity index (χ1) is 5.29. The Morgan fingerprint density at radius 1 is 1.27 bits per heavy atom. The SMILES string of the molecule is CC1CC2C3COC(O)C3C12. The van der Waals surface area contributed by atoms with Gasteiger partial charge in [-0.05, 0) is 30.1 Å². The number of hydrogen-bond donors (Lipinski definition) is 1. The molecule has 0 aromatic heterocycles. The van der Waals surface area contributed by atoms with Crippen molar-refractivity contribution in [2.24, 2.45) is 29.6 Å². The van der Waals surface area contributed by atoms with Crippen molar-refractivity contribution >= 4 is 0 Å². The van der Waals surface area contributed by atoms with E-state index in [4.69, 9.17) is 4.74 Å². The molecule has 0 amide bonds. The minimum Gasteiger partial charge on any atom is -0.368 e. The molecule has 3 fully saturated rings. The van der Waals surface area contributed by atoms with Gasteiger partial charge in [0.15, 0.2) is 6.29 Å². The smallest absolute Gasteiger partial charge is 0.158 e. The van der Waals surface area contributed by atoms with E-state index in [0.717, 1.165) is 24.4 Å². The van der Waals surface area contributed by atoms with Gasteiger partial charge < -0.3 is 9.84 Å². The molecule has 1 aliphatic heterocycles. The summed E-state index contributed by atoms with van der Waals surface area (Å²) < 4.78 is 5.22. The van der Waals surface area contributed by atoms with Crippen molar-refractivity contribution in [2.45, 2.75) is 19.6 Å². The van der Waals surface area contributed by atoms with Crippen LogP contribution in [0.3, 0.4) is 0 Å². The Morgan fingerprint density at radius 3 is 2.82 bits per heavy atom. The van der Waals surface area contributed by atoms with Gasteiger partial charge in [-0.3, -0.25) is 0 Å². The number of fused-ring (bicyclic) bond motifs is 4. The van der Waals surface area contributed by atoms with Crippen LogP contribution in [0.4, 0.5) is 0 Å². The van der Waals surface area contributed by atoms with Gasteiger partial charge in [0.1, 0.15) is 0 Å². The molecule has 0 aromatic rings. The van der Waals surface area contributed by atoms with E-state index in [1.165, 1.54) is 6.42 Å². The van der Waals surface area contributed by atoms with Gasteiger partial charge in [0.05, 0.1) is 6.61 Å². The Labute approximate surface area is 66.5 Å². The van der Waals surface area contributed by atoms with E-state index >= 15 is 0 Å². The number of rotatable bonds is 0. The maximum Gasteiger partial charge on any atom is 0.158 e. The van der Waals surface area contributed by atoms with Gasteiger partial charge in [0.25, 0.3) is 0 Å². The van der Waals surface area contributed by atoms with Crippen LogP contribution in [0.15, 0.2) is 0 Å². The molecule has 6 atom stereocenters. The van der Waals surface area contributed by atoms with E-state index in [1.54, 1.807) is 0 Å². The molecule has 0 spiro atoms. The molecule has 1 N–H and O–H groups in total. The standard InChI is InChI=1S/C9H14O2/c1-4-2-5-6-3-11-9(10)8(6)7(4)5/h4-10H,2-3H2,1H3. The molecule has 3 rings (SSSR count). The molecule has 2 saturated carbocycles. The summed E-state index contributed by atoms with van der Waals surface area (Å²) in [4.78, 5) is 0. The molecule has 0 aromatic carbocycles. The topological polar surface area (TPSA) is 29.5 Å². The average Bonchev–Trinajstić information content (AvgIpc) is 2.23. The van der Waals surface area contributed by atoms with Gasteiger partial charge in [0, 0.05) is 5.92 Å². The normalized spacial score (nSPS) is 66.0. The zero-order valence-corrected chi connectivity index (χ0v) is 6.73. The fourth-order valence-electron chi connectivity index (χ4n) is 3.48. The van der Waals surface area contributed by atoms with Crippen molar-refractivity contribution in [1.82, 2.24) is 0 Å². The fourth-order valence-corrected chi connectivity index (χ4v) is 3.48. The number of aliphatic hydroxyl groups is 1. The van der Waals surface area contributed by atoms with Crippen LogP contribution in [0.1, 0.15) is 13.3 Å². The Morgan fingerprint density at radius 2 is 2.09 bits per heavy atom. The van der Waals surface area contributed by atoms with E-state index < -0.39 is 6.29 Å². The number of aliphatic hydroxyl groups excluding tert-OH is 1. The van der Waals surface area contributed by atoms with Crippen LogP contribution >= 0.6 is 0 Å². The summed E-state index contributed by atoms with van der Waals surface area (Å²) in [7, 11) is 0. The summed E-state index contributed by atoms with van der Waals surface area (Å²) in [5.41, 5.74) is 0. The van der Waals surface area contributed by atoms with E-state index in [1.807, 2.05) is 0 Å². The monoisotopic (exact) mass is 154 g/mol. The Bertz CT molecular complexity index is 192. The summed E-state index contributed by atoms with van der Waals surface area (Å²) in [5, 5.41) is 9.44. The highest BCUT2D eigenvalue weighted by Crippen LogP contribution is 2.64. The number of ether oxygens (including phenoxy) is 1. The van der Waals surface area contributed by atoms with Gasteiger partial charge in [-0.25, -0.2) is 0 Å². The van der Waals surface area contributed by atoms with Gasteiger partial charge in [-0.2, -0.15) is 0 Å². The largest absolute Gasteiger partial charge is 0.368 e. The molecule has 6 unspecified atom stereocenters. The fraction of sp³-hybridized carbons (Fsp3) is 1.00. The molecule has 3 aliphatic rings. The summed E-state index contributed by atoms with van der Waals surface area (Å²) in [6, 6.07) is 0. The van der Waals surface area contributed by atoms with E-state index in [9.17, 15) is 5.11 Å². The first kappa shape index (κ1) is 6.44. The zero-order valence-electron chi connectivity index (χ0n) is 6.73. The van der Waals surface area contributed by atoms with E-state index in [2.05, 4.69) is 6.92 Å². The highest BCUT2D eigenvalue weighted by molar-refractivity contribution is 5.09. The highest BCUT2D eigenvalue weighted by Gasteiger charge is 2.63. The highest BCUT2D eigenvalue weighted by atomic mass is 16.6. The van der Waals surface area contributed by atoms with Gasteiger partial charge in [0.2, 0.25) is 0 Å². The van der Waals surface area contributed by atoms with Crippen LogP contribution in [0.5, 0.6) is 0 Å². The third-order valence-corrected chi connectivity index (χ3v) is 4.07. The molecule has 2 aliphatic carbocycles. The predicted molar refractivity (Wildman–Crippen MR) is 39.7 cm³/mol. The van der Waals surface area contributed by atoms with Crippen molar-refractivity contribution in [3.05, 3.63) is 0 Å². The summed E-state index contributed by atoms with van der Waals surface area (Å²) in [5.74, 6) is 3.78. The van der Waals surface area contributed by atoms with Crippen molar-refractivity contribution < 1.29 is 9.84 Å². The molecule has 62 valence electrons. The molecular formula is C9H14O2. The van der Waals surface area contributed by atoms with Gasteiger partial charge >= 0.3 is 0 Å². The van der Waals surface area contributed by atoms with Gasteiger partial charge in [-0.1, -0.05) is 6.92 Å². The van der Waals surface area contributed by atoms with Crippen molar-refractivity contribution in [3.63, 3.8) is 0 Å². The van der Waals surface area contributed by atoms with E-state index in [-0.39, 0.29) is 0 Å². The summed E-state index contributed by atoms with van der Waals surface area (Å²) in [6.07, 6.45) is 0.950. The van der Waals surface area contributed by atoms with Crippen LogP contribution < -0.4 is 0 Å². The summed E-state index contributed by atoms with van der Waals surface area (Å²) >= 11 is 0.